The lowest BCUT2D eigenvalue weighted by Gasteiger charge is -2.05. The van der Waals surface area contributed by atoms with Gasteiger partial charge in [0.05, 0.1) is 29.3 Å². The van der Waals surface area contributed by atoms with E-state index in [4.69, 9.17) is 4.74 Å². The predicted molar refractivity (Wildman–Crippen MR) is 104 cm³/mol. The van der Waals surface area contributed by atoms with Crippen LogP contribution in [-0.2, 0) is 10.5 Å². The van der Waals surface area contributed by atoms with Crippen LogP contribution < -0.4 is 5.56 Å². The summed E-state index contributed by atoms with van der Waals surface area (Å²) in [5.74, 6) is 0.900. The van der Waals surface area contributed by atoms with Crippen molar-refractivity contribution in [2.45, 2.75) is 24.8 Å². The summed E-state index contributed by atoms with van der Waals surface area (Å²) in [6, 6.07) is 6.60. The van der Waals surface area contributed by atoms with Crippen molar-refractivity contribution in [3.63, 3.8) is 0 Å². The number of fused-ring (bicyclic) bond motifs is 2. The number of carbonyl (C=O) groups is 1. The maximum Gasteiger partial charge on any atom is 0.337 e. The lowest BCUT2D eigenvalue weighted by Crippen LogP contribution is -2.12. The van der Waals surface area contributed by atoms with Crippen LogP contribution in [0.4, 0.5) is 0 Å². The zero-order valence-electron chi connectivity index (χ0n) is 15.4. The van der Waals surface area contributed by atoms with Crippen LogP contribution in [0.15, 0.2) is 34.2 Å². The molecular weight excluding hydrogens is 380 g/mol. The van der Waals surface area contributed by atoms with Crippen molar-refractivity contribution in [2.75, 3.05) is 7.11 Å². The number of thioether (sulfide) groups is 1. The maximum absolute atomic E-state index is 12.4. The van der Waals surface area contributed by atoms with Crippen molar-refractivity contribution in [3.05, 3.63) is 57.4 Å². The van der Waals surface area contributed by atoms with Crippen molar-refractivity contribution < 1.29 is 9.53 Å². The Labute approximate surface area is 163 Å². The molecule has 0 atom stereocenters. The summed E-state index contributed by atoms with van der Waals surface area (Å²) in [7, 11) is 1.31. The SMILES string of the molecule is COC(=O)c1ccc2c(=O)[nH]c(CSc3nnc4nc(C)cc(C)n34)nc2c1. The van der Waals surface area contributed by atoms with Crippen molar-refractivity contribution in [1.82, 2.24) is 29.5 Å². The highest BCUT2D eigenvalue weighted by Crippen LogP contribution is 2.22. The van der Waals surface area contributed by atoms with Crippen LogP contribution in [0.25, 0.3) is 16.7 Å². The number of nitrogens with one attached hydrogen (secondary N) is 1. The maximum atomic E-state index is 12.4. The Bertz CT molecular complexity index is 1280. The number of benzene rings is 1. The van der Waals surface area contributed by atoms with Gasteiger partial charge in [-0.2, -0.15) is 0 Å². The molecule has 1 aromatic carbocycles. The summed E-state index contributed by atoms with van der Waals surface area (Å²) in [6.45, 7) is 3.86. The summed E-state index contributed by atoms with van der Waals surface area (Å²) >= 11 is 1.39. The van der Waals surface area contributed by atoms with E-state index in [2.05, 4.69) is 25.1 Å². The van der Waals surface area contributed by atoms with Crippen LogP contribution in [0.3, 0.4) is 0 Å². The first-order valence-corrected chi connectivity index (χ1v) is 9.38. The Morgan fingerprint density at radius 3 is 2.82 bits per heavy atom. The molecule has 142 valence electrons. The molecule has 4 rings (SSSR count). The van der Waals surface area contributed by atoms with Crippen molar-refractivity contribution >= 4 is 34.4 Å². The monoisotopic (exact) mass is 396 g/mol. The molecule has 0 radical (unpaired) electrons. The number of rotatable bonds is 4. The lowest BCUT2D eigenvalue weighted by atomic mass is 10.1. The Morgan fingerprint density at radius 1 is 1.21 bits per heavy atom. The first-order chi connectivity index (χ1) is 13.5. The van der Waals surface area contributed by atoms with E-state index in [1.165, 1.54) is 18.9 Å². The van der Waals surface area contributed by atoms with Gasteiger partial charge in [0.25, 0.3) is 11.3 Å². The molecule has 0 amide bonds. The van der Waals surface area contributed by atoms with E-state index in [-0.39, 0.29) is 5.56 Å². The van der Waals surface area contributed by atoms with Gasteiger partial charge in [-0.05, 0) is 38.1 Å². The van der Waals surface area contributed by atoms with Gasteiger partial charge in [-0.3, -0.25) is 9.20 Å². The number of hydrogen-bond donors (Lipinski definition) is 1. The fourth-order valence-electron chi connectivity index (χ4n) is 2.93. The molecule has 3 heterocycles. The van der Waals surface area contributed by atoms with Gasteiger partial charge in [-0.15, -0.1) is 10.2 Å². The number of aryl methyl sites for hydroxylation is 2. The van der Waals surface area contributed by atoms with Crippen molar-refractivity contribution in [3.8, 4) is 0 Å². The standard InChI is InChI=1S/C18H16N6O3S/c1-9-6-10(2)24-17(19-9)22-23-18(24)28-8-14-20-13-7-11(16(26)27-3)4-5-12(13)15(25)21-14/h4-7H,8H2,1-3H3,(H,20,21,25). The first-order valence-electron chi connectivity index (χ1n) is 8.39. The van der Waals surface area contributed by atoms with E-state index in [0.29, 0.717) is 39.0 Å². The molecule has 0 fully saturated rings. The van der Waals surface area contributed by atoms with Crippen molar-refractivity contribution in [1.29, 1.82) is 0 Å². The average molecular weight is 396 g/mol. The molecule has 0 bridgehead atoms. The van der Waals surface area contributed by atoms with Gasteiger partial charge >= 0.3 is 5.97 Å². The minimum Gasteiger partial charge on any atom is -0.465 e. The first kappa shape index (κ1) is 18.1. The zero-order chi connectivity index (χ0) is 19.8. The fourth-order valence-corrected chi connectivity index (χ4v) is 3.78. The van der Waals surface area contributed by atoms with Gasteiger partial charge in [0.15, 0.2) is 5.16 Å². The molecule has 1 N–H and O–H groups in total. The third kappa shape index (κ3) is 3.22. The minimum atomic E-state index is -0.479. The van der Waals surface area contributed by atoms with E-state index >= 15 is 0 Å². The molecule has 9 nitrogen and oxygen atoms in total. The molecule has 0 aliphatic heterocycles. The molecule has 10 heteroatoms. The largest absolute Gasteiger partial charge is 0.465 e. The number of esters is 1. The number of hydrogen-bond acceptors (Lipinski definition) is 8. The van der Waals surface area contributed by atoms with E-state index in [1.807, 2.05) is 24.3 Å². The Hall–Kier alpha value is -3.27. The Balaban J connectivity index is 1.67. The number of aromatic amines is 1. The van der Waals surface area contributed by atoms with Crippen LogP contribution in [-0.4, -0.2) is 42.6 Å². The predicted octanol–water partition coefficient (Wildman–Crippen LogP) is 2.06. The van der Waals surface area contributed by atoms with E-state index < -0.39 is 5.97 Å². The van der Waals surface area contributed by atoms with Crippen LogP contribution in [0.2, 0.25) is 0 Å². The molecule has 0 saturated carbocycles. The fraction of sp³-hybridized carbons (Fsp3) is 0.222. The van der Waals surface area contributed by atoms with Crippen LogP contribution in [0.1, 0.15) is 27.6 Å². The minimum absolute atomic E-state index is 0.267. The third-order valence-corrected chi connectivity index (χ3v) is 5.12. The molecule has 0 aliphatic carbocycles. The van der Waals surface area contributed by atoms with Crippen molar-refractivity contribution in [2.24, 2.45) is 0 Å². The topological polar surface area (TPSA) is 115 Å². The molecule has 0 saturated heterocycles. The zero-order valence-corrected chi connectivity index (χ0v) is 16.2. The lowest BCUT2D eigenvalue weighted by molar-refractivity contribution is 0.0601. The summed E-state index contributed by atoms with van der Waals surface area (Å²) in [5.41, 5.74) is 2.35. The molecular formula is C18H16N6O3S. The molecule has 3 aromatic heterocycles. The second-order valence-electron chi connectivity index (χ2n) is 6.18. The van der Waals surface area contributed by atoms with Crippen LogP contribution in [0.5, 0.6) is 0 Å². The quantitative estimate of drug-likeness (QED) is 0.412. The summed E-state index contributed by atoms with van der Waals surface area (Å²) < 4.78 is 6.58. The summed E-state index contributed by atoms with van der Waals surface area (Å²) in [4.78, 5) is 35.7. The summed E-state index contributed by atoms with van der Waals surface area (Å²) in [5, 5.41) is 9.34. The number of carbonyl (C=O) groups excluding carboxylic acids is 1. The third-order valence-electron chi connectivity index (χ3n) is 4.18. The molecule has 28 heavy (non-hydrogen) atoms. The smallest absolute Gasteiger partial charge is 0.337 e. The van der Waals surface area contributed by atoms with E-state index in [9.17, 15) is 9.59 Å². The highest BCUT2D eigenvalue weighted by molar-refractivity contribution is 7.98. The van der Waals surface area contributed by atoms with Gasteiger partial charge in [0.2, 0.25) is 0 Å². The normalized spacial score (nSPS) is 11.2. The van der Waals surface area contributed by atoms with Gasteiger partial charge in [0, 0.05) is 11.4 Å². The summed E-state index contributed by atoms with van der Waals surface area (Å²) in [6.07, 6.45) is 0. The molecule has 0 spiro atoms. The molecule has 0 aliphatic rings. The number of nitrogens with zero attached hydrogens (tertiary/aromatic N) is 5. The number of ether oxygens (including phenoxy) is 1. The average Bonchev–Trinajstić information content (AvgIpc) is 3.08. The van der Waals surface area contributed by atoms with Crippen LogP contribution in [0, 0.1) is 13.8 Å². The van der Waals surface area contributed by atoms with Crippen LogP contribution >= 0.6 is 11.8 Å². The highest BCUT2D eigenvalue weighted by atomic mass is 32.2. The Morgan fingerprint density at radius 2 is 2.04 bits per heavy atom. The van der Waals surface area contributed by atoms with E-state index in [0.717, 1.165) is 11.4 Å². The highest BCUT2D eigenvalue weighted by Gasteiger charge is 2.13. The van der Waals surface area contributed by atoms with Gasteiger partial charge in [-0.1, -0.05) is 11.8 Å². The second-order valence-corrected chi connectivity index (χ2v) is 7.12. The number of methoxy groups -OCH3 is 1. The Kier molecular flexibility index (Phi) is 4.55. The second kappa shape index (κ2) is 7.04. The number of H-pyrrole nitrogens is 1. The van der Waals surface area contributed by atoms with Gasteiger partial charge in [-0.25, -0.2) is 14.8 Å². The van der Waals surface area contributed by atoms with Gasteiger partial charge in [0.1, 0.15) is 5.82 Å². The van der Waals surface area contributed by atoms with E-state index in [1.54, 1.807) is 18.2 Å². The molecule has 0 unspecified atom stereocenters. The van der Waals surface area contributed by atoms with Gasteiger partial charge < -0.3 is 9.72 Å². The number of aromatic nitrogens is 6. The molecule has 4 aromatic rings.